The van der Waals surface area contributed by atoms with E-state index in [9.17, 15) is 4.79 Å². The SMILES string of the molecule is O=C(O)CCC1CCc2ncnn2C1. The second-order valence-corrected chi connectivity index (χ2v) is 3.70. The zero-order valence-electron chi connectivity index (χ0n) is 7.89. The molecule has 0 saturated heterocycles. The van der Waals surface area contributed by atoms with Gasteiger partial charge >= 0.3 is 5.97 Å². The number of hydrogen-bond acceptors (Lipinski definition) is 3. The highest BCUT2D eigenvalue weighted by Gasteiger charge is 2.19. The largest absolute Gasteiger partial charge is 0.481 e. The van der Waals surface area contributed by atoms with E-state index in [4.69, 9.17) is 5.11 Å². The molecule has 1 aliphatic heterocycles. The van der Waals surface area contributed by atoms with Crippen LogP contribution in [0.1, 0.15) is 25.1 Å². The minimum absolute atomic E-state index is 0.259. The summed E-state index contributed by atoms with van der Waals surface area (Å²) < 4.78 is 1.88. The molecule has 5 nitrogen and oxygen atoms in total. The van der Waals surface area contributed by atoms with E-state index in [-0.39, 0.29) is 6.42 Å². The van der Waals surface area contributed by atoms with Crippen molar-refractivity contribution in [2.24, 2.45) is 5.92 Å². The molecular formula is C9H13N3O2. The molecular weight excluding hydrogens is 182 g/mol. The van der Waals surface area contributed by atoms with Gasteiger partial charge < -0.3 is 5.11 Å². The van der Waals surface area contributed by atoms with Gasteiger partial charge in [0.1, 0.15) is 12.2 Å². The number of carboxylic acids is 1. The van der Waals surface area contributed by atoms with Crippen LogP contribution in [0.15, 0.2) is 6.33 Å². The van der Waals surface area contributed by atoms with Crippen LogP contribution >= 0.6 is 0 Å². The number of carbonyl (C=O) groups is 1. The lowest BCUT2D eigenvalue weighted by Gasteiger charge is -2.21. The van der Waals surface area contributed by atoms with Crippen LogP contribution < -0.4 is 0 Å². The predicted molar refractivity (Wildman–Crippen MR) is 48.7 cm³/mol. The van der Waals surface area contributed by atoms with Crippen LogP contribution in [-0.4, -0.2) is 25.8 Å². The lowest BCUT2D eigenvalue weighted by molar-refractivity contribution is -0.137. The minimum Gasteiger partial charge on any atom is -0.481 e. The summed E-state index contributed by atoms with van der Waals surface area (Å²) in [6, 6.07) is 0. The smallest absolute Gasteiger partial charge is 0.303 e. The third-order valence-electron chi connectivity index (χ3n) is 2.67. The van der Waals surface area contributed by atoms with Gasteiger partial charge in [0.15, 0.2) is 0 Å². The van der Waals surface area contributed by atoms with Gasteiger partial charge in [-0.25, -0.2) is 9.67 Å². The number of aryl methyl sites for hydroxylation is 1. The summed E-state index contributed by atoms with van der Waals surface area (Å²) in [4.78, 5) is 14.5. The number of nitrogens with zero attached hydrogens (tertiary/aromatic N) is 3. The van der Waals surface area contributed by atoms with Crippen molar-refractivity contribution in [3.63, 3.8) is 0 Å². The first-order valence-electron chi connectivity index (χ1n) is 4.84. The maximum absolute atomic E-state index is 10.4. The highest BCUT2D eigenvalue weighted by Crippen LogP contribution is 2.21. The standard InChI is InChI=1S/C9H13N3O2/c13-9(14)4-2-7-1-3-8-10-6-11-12(8)5-7/h6-7H,1-5H2,(H,13,14). The van der Waals surface area contributed by atoms with Crippen LogP contribution in [0.5, 0.6) is 0 Å². The van der Waals surface area contributed by atoms with Gasteiger partial charge in [-0.3, -0.25) is 4.79 Å². The number of rotatable bonds is 3. The fourth-order valence-corrected chi connectivity index (χ4v) is 1.87. The fourth-order valence-electron chi connectivity index (χ4n) is 1.87. The Hall–Kier alpha value is -1.39. The Morgan fingerprint density at radius 3 is 3.36 bits per heavy atom. The van der Waals surface area contributed by atoms with Gasteiger partial charge in [0.05, 0.1) is 0 Å². The molecule has 2 rings (SSSR count). The molecule has 2 heterocycles. The van der Waals surface area contributed by atoms with Crippen molar-refractivity contribution >= 4 is 5.97 Å². The lowest BCUT2D eigenvalue weighted by atomic mass is 9.95. The van der Waals surface area contributed by atoms with E-state index < -0.39 is 5.97 Å². The van der Waals surface area contributed by atoms with Crippen molar-refractivity contribution in [1.82, 2.24) is 14.8 Å². The molecule has 0 spiro atoms. The van der Waals surface area contributed by atoms with Crippen molar-refractivity contribution in [3.05, 3.63) is 12.2 Å². The van der Waals surface area contributed by atoms with Crippen LogP contribution in [0.25, 0.3) is 0 Å². The monoisotopic (exact) mass is 195 g/mol. The van der Waals surface area contributed by atoms with Gasteiger partial charge in [-0.2, -0.15) is 5.10 Å². The Morgan fingerprint density at radius 1 is 1.71 bits per heavy atom. The molecule has 0 saturated carbocycles. The molecule has 76 valence electrons. The van der Waals surface area contributed by atoms with Crippen LogP contribution in [0.3, 0.4) is 0 Å². The third-order valence-corrected chi connectivity index (χ3v) is 2.67. The summed E-state index contributed by atoms with van der Waals surface area (Å²) >= 11 is 0. The van der Waals surface area contributed by atoms with Gasteiger partial charge in [0, 0.05) is 19.4 Å². The molecule has 1 aliphatic rings. The second kappa shape index (κ2) is 3.77. The van der Waals surface area contributed by atoms with E-state index in [1.807, 2.05) is 4.68 Å². The van der Waals surface area contributed by atoms with Gasteiger partial charge in [0.2, 0.25) is 0 Å². The molecule has 0 bridgehead atoms. The predicted octanol–water partition coefficient (Wildman–Crippen LogP) is 0.705. The Kier molecular flexibility index (Phi) is 2.47. The average molecular weight is 195 g/mol. The molecule has 0 aromatic carbocycles. The molecule has 1 atom stereocenters. The van der Waals surface area contributed by atoms with Crippen molar-refractivity contribution in [2.45, 2.75) is 32.2 Å². The van der Waals surface area contributed by atoms with E-state index in [0.29, 0.717) is 5.92 Å². The Labute approximate surface area is 81.8 Å². The van der Waals surface area contributed by atoms with Crippen LogP contribution in [0, 0.1) is 5.92 Å². The summed E-state index contributed by atoms with van der Waals surface area (Å²) in [6.07, 6.45) is 4.52. The number of aromatic nitrogens is 3. The van der Waals surface area contributed by atoms with Crippen molar-refractivity contribution < 1.29 is 9.90 Å². The minimum atomic E-state index is -0.714. The molecule has 0 fully saturated rings. The molecule has 0 radical (unpaired) electrons. The summed E-state index contributed by atoms with van der Waals surface area (Å²) in [7, 11) is 0. The average Bonchev–Trinajstić information content (AvgIpc) is 2.61. The Balaban J connectivity index is 1.91. The fraction of sp³-hybridized carbons (Fsp3) is 0.667. The third kappa shape index (κ3) is 1.92. The summed E-state index contributed by atoms with van der Waals surface area (Å²) in [5, 5.41) is 12.7. The van der Waals surface area contributed by atoms with E-state index in [0.717, 1.165) is 31.6 Å². The number of fused-ring (bicyclic) bond motifs is 1. The zero-order chi connectivity index (χ0) is 9.97. The van der Waals surface area contributed by atoms with Gasteiger partial charge in [-0.1, -0.05) is 0 Å². The molecule has 1 N–H and O–H groups in total. The first-order chi connectivity index (χ1) is 6.75. The summed E-state index contributed by atoms with van der Waals surface area (Å²) in [6.45, 7) is 0.822. The van der Waals surface area contributed by atoms with Gasteiger partial charge in [-0.05, 0) is 18.8 Å². The van der Waals surface area contributed by atoms with E-state index in [1.165, 1.54) is 0 Å². The van der Waals surface area contributed by atoms with Crippen molar-refractivity contribution in [2.75, 3.05) is 0 Å². The van der Waals surface area contributed by atoms with E-state index >= 15 is 0 Å². The van der Waals surface area contributed by atoms with Crippen LogP contribution in [0.2, 0.25) is 0 Å². The van der Waals surface area contributed by atoms with Crippen molar-refractivity contribution in [3.8, 4) is 0 Å². The summed E-state index contributed by atoms with van der Waals surface area (Å²) in [5.41, 5.74) is 0. The molecule has 1 unspecified atom stereocenters. The molecule has 0 aliphatic carbocycles. The molecule has 1 aromatic rings. The maximum Gasteiger partial charge on any atom is 0.303 e. The Morgan fingerprint density at radius 2 is 2.57 bits per heavy atom. The van der Waals surface area contributed by atoms with E-state index in [2.05, 4.69) is 10.1 Å². The maximum atomic E-state index is 10.4. The van der Waals surface area contributed by atoms with Gasteiger partial charge in [0.25, 0.3) is 0 Å². The van der Waals surface area contributed by atoms with Crippen LogP contribution in [0.4, 0.5) is 0 Å². The van der Waals surface area contributed by atoms with E-state index in [1.54, 1.807) is 6.33 Å². The van der Waals surface area contributed by atoms with Crippen molar-refractivity contribution in [1.29, 1.82) is 0 Å². The highest BCUT2D eigenvalue weighted by molar-refractivity contribution is 5.66. The first-order valence-corrected chi connectivity index (χ1v) is 4.84. The lowest BCUT2D eigenvalue weighted by Crippen LogP contribution is -2.22. The normalized spacial score (nSPS) is 20.4. The topological polar surface area (TPSA) is 68.0 Å². The zero-order valence-corrected chi connectivity index (χ0v) is 7.89. The summed E-state index contributed by atoms with van der Waals surface area (Å²) in [5.74, 6) is 0.756. The quantitative estimate of drug-likeness (QED) is 0.771. The highest BCUT2D eigenvalue weighted by atomic mass is 16.4. The number of hydrogen-bond donors (Lipinski definition) is 1. The number of carboxylic acid groups (broad SMARTS) is 1. The Bertz CT molecular complexity index is 335. The molecule has 1 aromatic heterocycles. The molecule has 14 heavy (non-hydrogen) atoms. The first kappa shape index (κ1) is 9.18. The van der Waals surface area contributed by atoms with Crippen LogP contribution in [-0.2, 0) is 17.8 Å². The molecule has 5 heteroatoms. The van der Waals surface area contributed by atoms with Gasteiger partial charge in [-0.15, -0.1) is 0 Å². The second-order valence-electron chi connectivity index (χ2n) is 3.70. The molecule has 0 amide bonds. The number of aliphatic carboxylic acids is 1.